The number of aryl methyl sites for hydroxylation is 1. The Kier molecular flexibility index (Phi) is 14.1. The summed E-state index contributed by atoms with van der Waals surface area (Å²) in [6.07, 6.45) is 4.02. The summed E-state index contributed by atoms with van der Waals surface area (Å²) >= 11 is 9.93. The van der Waals surface area contributed by atoms with Crippen molar-refractivity contribution < 1.29 is 5.11 Å². The van der Waals surface area contributed by atoms with Crippen LogP contribution in [-0.2, 0) is 0 Å². The van der Waals surface area contributed by atoms with E-state index in [1.807, 2.05) is 12.1 Å². The maximum atomic E-state index is 8.74. The number of alkyl halides is 1. The first-order chi connectivity index (χ1) is 10.5. The van der Waals surface area contributed by atoms with Gasteiger partial charge >= 0.3 is 0 Å². The highest BCUT2D eigenvalue weighted by molar-refractivity contribution is 9.10. The van der Waals surface area contributed by atoms with Gasteiger partial charge in [-0.3, -0.25) is 0 Å². The molecule has 2 rings (SSSR count). The minimum atomic E-state index is 0.299. The van der Waals surface area contributed by atoms with E-state index >= 15 is 0 Å². The van der Waals surface area contributed by atoms with Crippen LogP contribution >= 0.6 is 47.8 Å². The van der Waals surface area contributed by atoms with Gasteiger partial charge in [-0.25, -0.2) is 0 Å². The number of aromatic hydroxyl groups is 1. The van der Waals surface area contributed by atoms with Crippen LogP contribution in [0.3, 0.4) is 0 Å². The Morgan fingerprint density at radius 1 is 0.818 bits per heavy atom. The zero-order chi connectivity index (χ0) is 16.8. The van der Waals surface area contributed by atoms with E-state index in [0.29, 0.717) is 5.75 Å². The second kappa shape index (κ2) is 14.3. The van der Waals surface area contributed by atoms with E-state index in [1.54, 1.807) is 24.3 Å². The van der Waals surface area contributed by atoms with Crippen LogP contribution < -0.4 is 0 Å². The first-order valence-electron chi connectivity index (χ1n) is 7.22. The van der Waals surface area contributed by atoms with Gasteiger partial charge in [0.1, 0.15) is 5.75 Å². The number of unbranched alkanes of at least 4 members (excludes halogenated alkanes) is 2. The fraction of sp³-hybridized carbons (Fsp3) is 0.333. The van der Waals surface area contributed by atoms with E-state index in [-0.39, 0.29) is 0 Å². The Labute approximate surface area is 159 Å². The average molecular weight is 495 g/mol. The zero-order valence-corrected chi connectivity index (χ0v) is 17.8. The van der Waals surface area contributed by atoms with E-state index in [1.165, 1.54) is 30.2 Å². The Hall–Kier alpha value is -0.320. The molecule has 0 unspecified atom stereocenters. The molecule has 0 saturated heterocycles. The second-order valence-electron chi connectivity index (χ2n) is 4.67. The maximum Gasteiger partial charge on any atom is 0.115 e. The maximum absolute atomic E-state index is 8.74. The molecule has 0 radical (unpaired) electrons. The molecule has 4 heteroatoms. The molecule has 0 aliphatic rings. The van der Waals surface area contributed by atoms with Crippen molar-refractivity contribution in [2.75, 3.05) is 5.33 Å². The topological polar surface area (TPSA) is 20.2 Å². The summed E-state index contributed by atoms with van der Waals surface area (Å²) in [5, 5.41) is 9.90. The van der Waals surface area contributed by atoms with Crippen molar-refractivity contribution in [3.8, 4) is 5.75 Å². The standard InChI is InChI=1S/C7H7Br.C6H5BrO.C5H11Br/c1-6-2-4-7(8)5-3-6;7-5-1-3-6(8)4-2-5;1-2-3-4-5-6/h2-5H,1H3;1-4,8H;2-5H2,1H3. The summed E-state index contributed by atoms with van der Waals surface area (Å²) in [6, 6.07) is 15.1. The number of phenols is 1. The van der Waals surface area contributed by atoms with Gasteiger partial charge in [-0.2, -0.15) is 0 Å². The predicted octanol–water partition coefficient (Wildman–Crippen LogP) is 7.48. The smallest absolute Gasteiger partial charge is 0.115 e. The second-order valence-corrected chi connectivity index (χ2v) is 7.29. The molecule has 0 amide bonds. The molecule has 22 heavy (non-hydrogen) atoms. The highest BCUT2D eigenvalue weighted by Gasteiger charge is 1.83. The van der Waals surface area contributed by atoms with Crippen molar-refractivity contribution in [3.63, 3.8) is 0 Å². The lowest BCUT2D eigenvalue weighted by atomic mass is 10.2. The molecule has 1 nitrogen and oxygen atoms in total. The van der Waals surface area contributed by atoms with E-state index in [4.69, 9.17) is 5.11 Å². The quantitative estimate of drug-likeness (QED) is 0.346. The summed E-state index contributed by atoms with van der Waals surface area (Å²) in [5.74, 6) is 0.299. The van der Waals surface area contributed by atoms with Crippen molar-refractivity contribution in [1.29, 1.82) is 0 Å². The molecule has 122 valence electrons. The third kappa shape index (κ3) is 13.4. The largest absolute Gasteiger partial charge is 0.508 e. The van der Waals surface area contributed by atoms with E-state index in [9.17, 15) is 0 Å². The Bertz CT molecular complexity index is 391. The van der Waals surface area contributed by atoms with E-state index in [0.717, 1.165) is 8.95 Å². The van der Waals surface area contributed by atoms with Gasteiger partial charge in [-0.15, -0.1) is 0 Å². The summed E-state index contributed by atoms with van der Waals surface area (Å²) in [5.41, 5.74) is 1.30. The van der Waals surface area contributed by atoms with Gasteiger partial charge in [-0.05, 0) is 49.7 Å². The van der Waals surface area contributed by atoms with Crippen LogP contribution in [0, 0.1) is 6.92 Å². The van der Waals surface area contributed by atoms with Gasteiger partial charge in [-0.1, -0.05) is 85.3 Å². The van der Waals surface area contributed by atoms with Gasteiger partial charge in [0.25, 0.3) is 0 Å². The van der Waals surface area contributed by atoms with Crippen molar-refractivity contribution in [3.05, 3.63) is 63.0 Å². The number of hydrogen-bond acceptors (Lipinski definition) is 1. The Morgan fingerprint density at radius 3 is 1.55 bits per heavy atom. The number of benzene rings is 2. The fourth-order valence-corrected chi connectivity index (χ4v) is 2.24. The molecule has 0 bridgehead atoms. The van der Waals surface area contributed by atoms with Gasteiger partial charge < -0.3 is 5.11 Å². The normalized spacial score (nSPS) is 9.14. The minimum absolute atomic E-state index is 0.299. The van der Waals surface area contributed by atoms with Crippen LogP contribution in [0.15, 0.2) is 57.5 Å². The van der Waals surface area contributed by atoms with Gasteiger partial charge in [0.15, 0.2) is 0 Å². The SMILES string of the molecule is CCCCCBr.Cc1ccc(Br)cc1.Oc1ccc(Br)cc1. The molecule has 0 heterocycles. The molecule has 0 saturated carbocycles. The molecule has 0 spiro atoms. The lowest BCUT2D eigenvalue weighted by Crippen LogP contribution is -1.70. The van der Waals surface area contributed by atoms with E-state index in [2.05, 4.69) is 73.8 Å². The third-order valence-corrected chi connectivity index (χ3v) is 4.19. The molecule has 0 aliphatic heterocycles. The van der Waals surface area contributed by atoms with Gasteiger partial charge in [0, 0.05) is 14.3 Å². The van der Waals surface area contributed by atoms with Gasteiger partial charge in [0.05, 0.1) is 0 Å². The summed E-state index contributed by atoms with van der Waals surface area (Å²) < 4.78 is 2.12. The average Bonchev–Trinajstić information content (AvgIpc) is 2.52. The van der Waals surface area contributed by atoms with E-state index < -0.39 is 0 Å². The van der Waals surface area contributed by atoms with Crippen LogP contribution in [0.5, 0.6) is 5.75 Å². The molecule has 2 aromatic carbocycles. The van der Waals surface area contributed by atoms with Crippen LogP contribution in [0.2, 0.25) is 0 Å². The summed E-state index contributed by atoms with van der Waals surface area (Å²) in [6.45, 7) is 4.29. The first-order valence-corrected chi connectivity index (χ1v) is 9.93. The van der Waals surface area contributed by atoms with Crippen LogP contribution in [-0.4, -0.2) is 10.4 Å². The lowest BCUT2D eigenvalue weighted by molar-refractivity contribution is 0.475. The monoisotopic (exact) mass is 492 g/mol. The molecule has 2 aromatic rings. The summed E-state index contributed by atoms with van der Waals surface area (Å²) in [4.78, 5) is 0. The van der Waals surface area contributed by atoms with Crippen molar-refractivity contribution >= 4 is 47.8 Å². The molecule has 0 atom stereocenters. The minimum Gasteiger partial charge on any atom is -0.508 e. The number of hydrogen-bond donors (Lipinski definition) is 1. The highest BCUT2D eigenvalue weighted by atomic mass is 79.9. The molecular formula is C18H23Br3O. The summed E-state index contributed by atoms with van der Waals surface area (Å²) in [7, 11) is 0. The Morgan fingerprint density at radius 2 is 1.27 bits per heavy atom. The molecule has 1 N–H and O–H groups in total. The molecule has 0 fully saturated rings. The van der Waals surface area contributed by atoms with Crippen LogP contribution in [0.1, 0.15) is 31.7 Å². The van der Waals surface area contributed by atoms with Crippen LogP contribution in [0.4, 0.5) is 0 Å². The Balaban J connectivity index is 0.000000306. The van der Waals surface area contributed by atoms with Crippen molar-refractivity contribution in [1.82, 2.24) is 0 Å². The number of rotatable bonds is 3. The molecule has 0 aliphatic carbocycles. The van der Waals surface area contributed by atoms with Crippen LogP contribution in [0.25, 0.3) is 0 Å². The number of phenolic OH excluding ortho intramolecular Hbond substituents is 1. The highest BCUT2D eigenvalue weighted by Crippen LogP contribution is 2.13. The fourth-order valence-electron chi connectivity index (χ4n) is 1.32. The first kappa shape index (κ1) is 21.7. The molecule has 0 aromatic heterocycles. The molecular weight excluding hydrogens is 472 g/mol. The third-order valence-electron chi connectivity index (χ3n) is 2.57. The predicted molar refractivity (Wildman–Crippen MR) is 108 cm³/mol. The number of halogens is 3. The van der Waals surface area contributed by atoms with Crippen molar-refractivity contribution in [2.45, 2.75) is 33.1 Å². The van der Waals surface area contributed by atoms with Gasteiger partial charge in [0.2, 0.25) is 0 Å². The zero-order valence-electron chi connectivity index (χ0n) is 13.0. The lowest BCUT2D eigenvalue weighted by Gasteiger charge is -1.88. The van der Waals surface area contributed by atoms with Crippen molar-refractivity contribution in [2.24, 2.45) is 0 Å².